The molecule has 0 aliphatic heterocycles. The Morgan fingerprint density at radius 2 is 1.86 bits per heavy atom. The van der Waals surface area contributed by atoms with Crippen LogP contribution >= 0.6 is 15.9 Å². The van der Waals surface area contributed by atoms with Gasteiger partial charge in [-0.2, -0.15) is 5.10 Å². The lowest BCUT2D eigenvalue weighted by molar-refractivity contribution is 0.402. The van der Waals surface area contributed by atoms with Crippen molar-refractivity contribution in [3.8, 4) is 0 Å². The summed E-state index contributed by atoms with van der Waals surface area (Å²) in [4.78, 5) is 0. The van der Waals surface area contributed by atoms with E-state index in [2.05, 4.69) is 66.1 Å². The van der Waals surface area contributed by atoms with Crippen LogP contribution in [0.3, 0.4) is 0 Å². The lowest BCUT2D eigenvalue weighted by Crippen LogP contribution is -2.11. The van der Waals surface area contributed by atoms with E-state index < -0.39 is 0 Å². The molecular weight excluding hydrogens is 326 g/mol. The number of nitrogen functional groups attached to an aromatic ring is 1. The summed E-state index contributed by atoms with van der Waals surface area (Å²) in [6.07, 6.45) is 3.01. The first-order valence-electron chi connectivity index (χ1n) is 7.41. The highest BCUT2D eigenvalue weighted by atomic mass is 79.9. The average Bonchev–Trinajstić information content (AvgIpc) is 2.67. The van der Waals surface area contributed by atoms with Crippen LogP contribution < -0.4 is 5.73 Å². The molecule has 2 rings (SSSR count). The summed E-state index contributed by atoms with van der Waals surface area (Å²) in [5.74, 6) is 0.738. The molecule has 0 bridgehead atoms. The summed E-state index contributed by atoms with van der Waals surface area (Å²) in [6, 6.07) is 10.5. The van der Waals surface area contributed by atoms with Crippen LogP contribution in [0.4, 0.5) is 5.82 Å². The molecule has 1 aromatic carbocycles. The van der Waals surface area contributed by atoms with E-state index in [0.29, 0.717) is 0 Å². The summed E-state index contributed by atoms with van der Waals surface area (Å²) in [5, 5.41) is 4.67. The first-order chi connectivity index (χ1) is 9.87. The van der Waals surface area contributed by atoms with Crippen molar-refractivity contribution in [2.24, 2.45) is 5.41 Å². The minimum atomic E-state index is 0.207. The molecule has 0 aliphatic carbocycles. The first-order valence-corrected chi connectivity index (χ1v) is 8.21. The zero-order valence-corrected chi connectivity index (χ0v) is 14.7. The van der Waals surface area contributed by atoms with Crippen LogP contribution in [-0.2, 0) is 19.4 Å². The van der Waals surface area contributed by atoms with Crippen molar-refractivity contribution >= 4 is 21.7 Å². The van der Waals surface area contributed by atoms with Crippen molar-refractivity contribution in [3.05, 3.63) is 46.1 Å². The number of hydrogen-bond acceptors (Lipinski definition) is 2. The number of hydrogen-bond donors (Lipinski definition) is 1. The summed E-state index contributed by atoms with van der Waals surface area (Å²) in [5.41, 5.74) is 8.78. The average molecular weight is 350 g/mol. The second-order valence-electron chi connectivity index (χ2n) is 6.70. The van der Waals surface area contributed by atoms with Crippen molar-refractivity contribution in [1.29, 1.82) is 0 Å². The zero-order valence-electron chi connectivity index (χ0n) is 13.1. The van der Waals surface area contributed by atoms with E-state index in [-0.39, 0.29) is 5.41 Å². The molecule has 114 valence electrons. The van der Waals surface area contributed by atoms with Crippen LogP contribution in [0, 0.1) is 5.41 Å². The highest BCUT2D eigenvalue weighted by Crippen LogP contribution is 2.29. The number of nitrogens with zero attached hydrogens (tertiary/aromatic N) is 2. The number of halogens is 1. The zero-order chi connectivity index (χ0) is 15.5. The highest BCUT2D eigenvalue weighted by Gasteiger charge is 2.19. The molecular formula is C17H24BrN3. The normalized spacial score (nSPS) is 11.8. The third-order valence-corrected chi connectivity index (χ3v) is 4.24. The molecule has 0 amide bonds. The monoisotopic (exact) mass is 349 g/mol. The van der Waals surface area contributed by atoms with Crippen LogP contribution in [0.15, 0.2) is 34.8 Å². The topological polar surface area (TPSA) is 43.8 Å². The van der Waals surface area contributed by atoms with Gasteiger partial charge < -0.3 is 5.73 Å². The van der Waals surface area contributed by atoms with Gasteiger partial charge in [0, 0.05) is 6.54 Å². The Labute approximate surface area is 135 Å². The van der Waals surface area contributed by atoms with Gasteiger partial charge in [0.2, 0.25) is 0 Å². The number of anilines is 1. The second kappa shape index (κ2) is 6.65. The number of benzene rings is 1. The molecule has 0 spiro atoms. The SMILES string of the molecule is CC(C)(C)Cc1nn(CCCc2ccccc2)c(N)c1Br. The molecule has 0 radical (unpaired) electrons. The van der Waals surface area contributed by atoms with Crippen LogP contribution in [0.5, 0.6) is 0 Å². The molecule has 0 saturated heterocycles. The fraction of sp³-hybridized carbons (Fsp3) is 0.471. The Kier molecular flexibility index (Phi) is 5.09. The Morgan fingerprint density at radius 3 is 2.48 bits per heavy atom. The maximum absolute atomic E-state index is 6.16. The predicted octanol–water partition coefficient (Wildman–Crippen LogP) is 4.45. The molecule has 0 atom stereocenters. The lowest BCUT2D eigenvalue weighted by atomic mass is 9.91. The van der Waals surface area contributed by atoms with Gasteiger partial charge in [0.15, 0.2) is 0 Å². The van der Waals surface area contributed by atoms with Crippen molar-refractivity contribution in [1.82, 2.24) is 9.78 Å². The quantitative estimate of drug-likeness (QED) is 0.866. The van der Waals surface area contributed by atoms with Crippen molar-refractivity contribution < 1.29 is 0 Å². The van der Waals surface area contributed by atoms with Gasteiger partial charge in [-0.3, -0.25) is 0 Å². The maximum atomic E-state index is 6.16. The van der Waals surface area contributed by atoms with Gasteiger partial charge in [0.05, 0.1) is 10.2 Å². The highest BCUT2D eigenvalue weighted by molar-refractivity contribution is 9.10. The summed E-state index contributed by atoms with van der Waals surface area (Å²) < 4.78 is 2.88. The van der Waals surface area contributed by atoms with Crippen LogP contribution in [0.25, 0.3) is 0 Å². The number of aryl methyl sites for hydroxylation is 2. The fourth-order valence-corrected chi connectivity index (χ4v) is 2.79. The molecule has 3 nitrogen and oxygen atoms in total. The summed E-state index contributed by atoms with van der Waals surface area (Å²) in [6.45, 7) is 7.49. The van der Waals surface area contributed by atoms with Crippen molar-refractivity contribution in [2.45, 2.75) is 46.6 Å². The lowest BCUT2D eigenvalue weighted by Gasteiger charge is -2.16. The smallest absolute Gasteiger partial charge is 0.136 e. The predicted molar refractivity (Wildman–Crippen MR) is 92.3 cm³/mol. The summed E-state index contributed by atoms with van der Waals surface area (Å²) in [7, 11) is 0. The molecule has 1 heterocycles. The van der Waals surface area contributed by atoms with Gasteiger partial charge in [-0.15, -0.1) is 0 Å². The molecule has 0 fully saturated rings. The van der Waals surface area contributed by atoms with Crippen molar-refractivity contribution in [3.63, 3.8) is 0 Å². The summed E-state index contributed by atoms with van der Waals surface area (Å²) >= 11 is 3.58. The van der Waals surface area contributed by atoms with Crippen molar-refractivity contribution in [2.75, 3.05) is 5.73 Å². The van der Waals surface area contributed by atoms with Gasteiger partial charge in [-0.05, 0) is 46.2 Å². The van der Waals surface area contributed by atoms with Gasteiger partial charge in [0.1, 0.15) is 5.82 Å². The molecule has 21 heavy (non-hydrogen) atoms. The minimum absolute atomic E-state index is 0.207. The maximum Gasteiger partial charge on any atom is 0.136 e. The fourth-order valence-electron chi connectivity index (χ4n) is 2.37. The standard InChI is InChI=1S/C17H24BrN3/c1-17(2,3)12-14-15(18)16(19)21(20-14)11-7-10-13-8-5-4-6-9-13/h4-6,8-9H,7,10-12,19H2,1-3H3. The van der Waals surface area contributed by atoms with E-state index in [1.165, 1.54) is 5.56 Å². The minimum Gasteiger partial charge on any atom is -0.383 e. The van der Waals surface area contributed by atoms with Crippen LogP contribution in [-0.4, -0.2) is 9.78 Å². The third-order valence-electron chi connectivity index (χ3n) is 3.37. The Morgan fingerprint density at radius 1 is 1.19 bits per heavy atom. The molecule has 1 aromatic heterocycles. The van der Waals surface area contributed by atoms with Crippen LogP contribution in [0.2, 0.25) is 0 Å². The van der Waals surface area contributed by atoms with Gasteiger partial charge >= 0.3 is 0 Å². The van der Waals surface area contributed by atoms with Gasteiger partial charge in [0.25, 0.3) is 0 Å². The Bertz CT molecular complexity index is 582. The molecule has 4 heteroatoms. The van der Waals surface area contributed by atoms with Gasteiger partial charge in [-0.25, -0.2) is 4.68 Å². The molecule has 2 aromatic rings. The van der Waals surface area contributed by atoms with E-state index in [1.807, 2.05) is 10.7 Å². The molecule has 0 unspecified atom stereocenters. The largest absolute Gasteiger partial charge is 0.383 e. The number of nitrogens with two attached hydrogens (primary N) is 1. The number of aromatic nitrogens is 2. The molecule has 2 N–H and O–H groups in total. The van der Waals surface area contributed by atoms with E-state index >= 15 is 0 Å². The second-order valence-corrected chi connectivity index (χ2v) is 7.49. The van der Waals surface area contributed by atoms with Crippen LogP contribution in [0.1, 0.15) is 38.4 Å². The number of rotatable bonds is 5. The molecule has 0 saturated carbocycles. The van der Waals surface area contributed by atoms with Gasteiger partial charge in [-0.1, -0.05) is 51.1 Å². The van der Waals surface area contributed by atoms with E-state index in [0.717, 1.165) is 41.8 Å². The van der Waals surface area contributed by atoms with E-state index in [1.54, 1.807) is 0 Å². The Balaban J connectivity index is 1.99. The third kappa shape index (κ3) is 4.60. The molecule has 0 aliphatic rings. The Hall–Kier alpha value is -1.29. The first kappa shape index (κ1) is 16.1. The van der Waals surface area contributed by atoms with E-state index in [9.17, 15) is 0 Å². The van der Waals surface area contributed by atoms with E-state index in [4.69, 9.17) is 5.73 Å².